The Morgan fingerprint density at radius 3 is 2.85 bits per heavy atom. The summed E-state index contributed by atoms with van der Waals surface area (Å²) in [5.74, 6) is -0.225. The predicted molar refractivity (Wildman–Crippen MR) is 53.0 cm³/mol. The topological polar surface area (TPSA) is 53.3 Å². The van der Waals surface area contributed by atoms with Gasteiger partial charge in [-0.3, -0.25) is 5.41 Å². The maximum Gasteiger partial charge on any atom is 0.196 e. The average Bonchev–Trinajstić information content (AvgIpc) is 2.18. The van der Waals surface area contributed by atoms with Gasteiger partial charge in [0.25, 0.3) is 0 Å². The highest BCUT2D eigenvalue weighted by Crippen LogP contribution is 2.10. The number of nitroso groups, excluding NO2 is 1. The largest absolute Gasteiger partial charge is 0.279 e. The van der Waals surface area contributed by atoms with E-state index in [1.54, 1.807) is 18.2 Å². The normalized spacial score (nSPS) is 9.23. The summed E-state index contributed by atoms with van der Waals surface area (Å²) in [7, 11) is 0. The second-order valence-corrected chi connectivity index (χ2v) is 2.59. The number of rotatable bonds is 3. The minimum absolute atomic E-state index is 0.225. The summed E-state index contributed by atoms with van der Waals surface area (Å²) in [6.45, 7) is 3.60. The number of nitrogens with one attached hydrogen (secondary N) is 1. The molecule has 0 spiro atoms. The van der Waals surface area contributed by atoms with Gasteiger partial charge in [0.2, 0.25) is 0 Å². The summed E-state index contributed by atoms with van der Waals surface area (Å²) < 4.78 is 0. The zero-order chi connectivity index (χ0) is 9.68. The minimum atomic E-state index is -0.225. The summed E-state index contributed by atoms with van der Waals surface area (Å²) >= 11 is 0. The van der Waals surface area contributed by atoms with Crippen LogP contribution in [0.15, 0.2) is 42.1 Å². The lowest BCUT2D eigenvalue weighted by Gasteiger charge is -2.02. The lowest BCUT2D eigenvalue weighted by molar-refractivity contribution is 1.25. The van der Waals surface area contributed by atoms with Crippen molar-refractivity contribution in [2.45, 2.75) is 6.42 Å². The molecule has 1 aromatic rings. The second-order valence-electron chi connectivity index (χ2n) is 2.59. The zero-order valence-electron chi connectivity index (χ0n) is 7.16. The van der Waals surface area contributed by atoms with Crippen molar-refractivity contribution >= 4 is 5.84 Å². The van der Waals surface area contributed by atoms with Crippen molar-refractivity contribution in [1.29, 1.82) is 5.41 Å². The van der Waals surface area contributed by atoms with Crippen molar-refractivity contribution in [3.8, 4) is 0 Å². The molecule has 0 aromatic heterocycles. The molecule has 3 heteroatoms. The van der Waals surface area contributed by atoms with E-state index in [4.69, 9.17) is 5.41 Å². The lowest BCUT2D eigenvalue weighted by Crippen LogP contribution is -1.99. The molecule has 1 aromatic carbocycles. The molecule has 0 aliphatic carbocycles. The molecule has 0 aliphatic heterocycles. The second kappa shape index (κ2) is 4.30. The molecule has 0 fully saturated rings. The van der Waals surface area contributed by atoms with Crippen molar-refractivity contribution in [3.05, 3.63) is 53.0 Å². The Hall–Kier alpha value is -1.77. The quantitative estimate of drug-likeness (QED) is 0.325. The van der Waals surface area contributed by atoms with Crippen LogP contribution in [0.3, 0.4) is 0 Å². The van der Waals surface area contributed by atoms with Crippen molar-refractivity contribution < 1.29 is 0 Å². The van der Waals surface area contributed by atoms with Crippen LogP contribution in [0.4, 0.5) is 0 Å². The maximum absolute atomic E-state index is 10.2. The summed E-state index contributed by atoms with van der Waals surface area (Å²) in [5.41, 5.74) is 1.49. The predicted octanol–water partition coefficient (Wildman–Crippen LogP) is 2.51. The van der Waals surface area contributed by atoms with E-state index in [0.29, 0.717) is 12.0 Å². The summed E-state index contributed by atoms with van der Waals surface area (Å²) in [4.78, 5) is 10.2. The average molecular weight is 174 g/mol. The first-order valence-electron chi connectivity index (χ1n) is 3.90. The van der Waals surface area contributed by atoms with Crippen LogP contribution >= 0.6 is 0 Å². The monoisotopic (exact) mass is 174 g/mol. The van der Waals surface area contributed by atoms with Crippen molar-refractivity contribution in [2.75, 3.05) is 0 Å². The standard InChI is InChI=1S/C10H10N2O/c1-2-5-8-6-3-4-7-9(8)10(11)12-13/h2-4,6-7,11H,1,5H2. The van der Waals surface area contributed by atoms with Crippen molar-refractivity contribution in [3.63, 3.8) is 0 Å². The number of benzene rings is 1. The fraction of sp³-hybridized carbons (Fsp3) is 0.100. The number of hydrogen-bond acceptors (Lipinski definition) is 2. The van der Waals surface area contributed by atoms with Crippen LogP contribution in [0.2, 0.25) is 0 Å². The summed E-state index contributed by atoms with van der Waals surface area (Å²) in [6, 6.07) is 7.21. The Morgan fingerprint density at radius 1 is 1.54 bits per heavy atom. The maximum atomic E-state index is 10.2. The Bertz CT molecular complexity index is 345. The molecule has 1 rings (SSSR count). The van der Waals surface area contributed by atoms with Gasteiger partial charge in [-0.2, -0.15) is 0 Å². The van der Waals surface area contributed by atoms with E-state index in [9.17, 15) is 4.91 Å². The summed E-state index contributed by atoms with van der Waals surface area (Å²) in [6.07, 6.45) is 2.38. The van der Waals surface area contributed by atoms with Crippen LogP contribution in [0, 0.1) is 10.3 Å². The van der Waals surface area contributed by atoms with Gasteiger partial charge in [-0.25, -0.2) is 0 Å². The van der Waals surface area contributed by atoms with Gasteiger partial charge < -0.3 is 0 Å². The van der Waals surface area contributed by atoms with Crippen LogP contribution in [0.5, 0.6) is 0 Å². The van der Waals surface area contributed by atoms with Crippen molar-refractivity contribution in [2.24, 2.45) is 5.18 Å². The van der Waals surface area contributed by atoms with E-state index in [-0.39, 0.29) is 5.84 Å². The Labute approximate surface area is 76.6 Å². The molecule has 0 saturated heterocycles. The summed E-state index contributed by atoms with van der Waals surface area (Å²) in [5, 5.41) is 9.88. The third-order valence-electron chi connectivity index (χ3n) is 1.73. The fourth-order valence-electron chi connectivity index (χ4n) is 1.13. The molecule has 0 atom stereocenters. The molecular weight excluding hydrogens is 164 g/mol. The van der Waals surface area contributed by atoms with Crippen molar-refractivity contribution in [1.82, 2.24) is 0 Å². The Morgan fingerprint density at radius 2 is 2.23 bits per heavy atom. The molecule has 3 nitrogen and oxygen atoms in total. The lowest BCUT2D eigenvalue weighted by atomic mass is 10.0. The molecule has 0 bridgehead atoms. The first kappa shape index (κ1) is 9.32. The first-order chi connectivity index (χ1) is 6.29. The van der Waals surface area contributed by atoms with E-state index in [0.717, 1.165) is 5.56 Å². The molecule has 13 heavy (non-hydrogen) atoms. The fourth-order valence-corrected chi connectivity index (χ4v) is 1.13. The molecular formula is C10H10N2O. The van der Waals surface area contributed by atoms with Crippen LogP contribution < -0.4 is 0 Å². The molecule has 0 radical (unpaired) electrons. The van der Waals surface area contributed by atoms with Crippen LogP contribution in [-0.4, -0.2) is 5.84 Å². The number of amidine groups is 1. The molecule has 66 valence electrons. The molecule has 0 saturated carbocycles. The van der Waals surface area contributed by atoms with Crippen LogP contribution in [0.25, 0.3) is 0 Å². The van der Waals surface area contributed by atoms with Gasteiger partial charge in [-0.05, 0) is 17.2 Å². The van der Waals surface area contributed by atoms with Gasteiger partial charge in [-0.15, -0.1) is 11.5 Å². The van der Waals surface area contributed by atoms with E-state index >= 15 is 0 Å². The SMILES string of the molecule is C=CCc1ccccc1C(=N)N=O. The van der Waals surface area contributed by atoms with E-state index in [1.807, 2.05) is 12.1 Å². The highest BCUT2D eigenvalue weighted by Gasteiger charge is 2.05. The van der Waals surface area contributed by atoms with E-state index in [1.165, 1.54) is 0 Å². The molecule has 0 amide bonds. The van der Waals surface area contributed by atoms with Gasteiger partial charge in [-0.1, -0.05) is 30.3 Å². The number of allylic oxidation sites excluding steroid dienone is 1. The van der Waals surface area contributed by atoms with Gasteiger partial charge >= 0.3 is 0 Å². The number of nitrogens with zero attached hydrogens (tertiary/aromatic N) is 1. The molecule has 0 heterocycles. The van der Waals surface area contributed by atoms with Crippen LogP contribution in [-0.2, 0) is 6.42 Å². The van der Waals surface area contributed by atoms with Crippen LogP contribution in [0.1, 0.15) is 11.1 Å². The van der Waals surface area contributed by atoms with Gasteiger partial charge in [0, 0.05) is 5.56 Å². The van der Waals surface area contributed by atoms with E-state index in [2.05, 4.69) is 11.8 Å². The van der Waals surface area contributed by atoms with Gasteiger partial charge in [0.1, 0.15) is 0 Å². The minimum Gasteiger partial charge on any atom is -0.279 e. The zero-order valence-corrected chi connectivity index (χ0v) is 7.16. The molecule has 0 unspecified atom stereocenters. The van der Waals surface area contributed by atoms with Gasteiger partial charge in [0.05, 0.1) is 0 Å². The highest BCUT2D eigenvalue weighted by atomic mass is 16.3. The highest BCUT2D eigenvalue weighted by molar-refractivity contribution is 5.98. The smallest absolute Gasteiger partial charge is 0.196 e. The molecule has 1 N–H and O–H groups in total. The molecule has 0 aliphatic rings. The Balaban J connectivity index is 3.10. The third kappa shape index (κ3) is 2.08. The Kier molecular flexibility index (Phi) is 3.09. The third-order valence-corrected chi connectivity index (χ3v) is 1.73. The van der Waals surface area contributed by atoms with Gasteiger partial charge in [0.15, 0.2) is 5.84 Å². The first-order valence-corrected chi connectivity index (χ1v) is 3.90. The number of hydrogen-bond donors (Lipinski definition) is 1. The van der Waals surface area contributed by atoms with E-state index < -0.39 is 0 Å².